The maximum absolute atomic E-state index is 11.5. The number of nitrogens with one attached hydrogen (secondary N) is 1. The molecule has 1 aromatic heterocycles. The van der Waals surface area contributed by atoms with Crippen molar-refractivity contribution in [2.75, 3.05) is 5.32 Å². The molecule has 3 aromatic rings. The van der Waals surface area contributed by atoms with Gasteiger partial charge in [-0.25, -0.2) is 4.98 Å². The maximum Gasteiger partial charge on any atom is 0.225 e. The Morgan fingerprint density at radius 2 is 2.00 bits per heavy atom. The number of anilines is 1. The number of hydrogen-bond donors (Lipinski definition) is 1. The number of fused-ring (bicyclic) bond motifs is 3. The van der Waals surface area contributed by atoms with Gasteiger partial charge in [-0.05, 0) is 34.7 Å². The van der Waals surface area contributed by atoms with Gasteiger partial charge >= 0.3 is 0 Å². The van der Waals surface area contributed by atoms with E-state index in [4.69, 9.17) is 0 Å². The van der Waals surface area contributed by atoms with Crippen molar-refractivity contribution in [2.45, 2.75) is 19.8 Å². The van der Waals surface area contributed by atoms with Crippen LogP contribution in [0.1, 0.15) is 24.5 Å². The summed E-state index contributed by atoms with van der Waals surface area (Å²) >= 11 is 1.47. The molecule has 1 N–H and O–H groups in total. The lowest BCUT2D eigenvalue weighted by Gasteiger charge is -2.03. The summed E-state index contributed by atoms with van der Waals surface area (Å²) in [6, 6.07) is 15.1. The molecule has 4 heteroatoms. The fourth-order valence-electron chi connectivity index (χ4n) is 2.98. The molecule has 114 valence electrons. The highest BCUT2D eigenvalue weighted by atomic mass is 32.1. The van der Waals surface area contributed by atoms with E-state index in [2.05, 4.69) is 52.8 Å². The van der Waals surface area contributed by atoms with Gasteiger partial charge in [-0.15, -0.1) is 11.3 Å². The summed E-state index contributed by atoms with van der Waals surface area (Å²) in [7, 11) is 0. The molecule has 0 saturated heterocycles. The molecular formula is C19H16N2OS. The largest absolute Gasteiger partial charge is 0.302 e. The summed E-state index contributed by atoms with van der Waals surface area (Å²) in [6.45, 7) is 1.84. The number of amides is 1. The van der Waals surface area contributed by atoms with Gasteiger partial charge in [0, 0.05) is 17.4 Å². The van der Waals surface area contributed by atoms with Crippen LogP contribution in [0.25, 0.3) is 22.4 Å². The zero-order valence-electron chi connectivity index (χ0n) is 12.8. The van der Waals surface area contributed by atoms with E-state index >= 15 is 0 Å². The highest BCUT2D eigenvalue weighted by Gasteiger charge is 2.18. The Balaban J connectivity index is 1.65. The maximum atomic E-state index is 11.5. The molecule has 1 heterocycles. The zero-order valence-corrected chi connectivity index (χ0v) is 13.6. The molecule has 0 spiro atoms. The molecule has 0 aliphatic heterocycles. The second-order valence-electron chi connectivity index (χ2n) is 5.65. The molecule has 0 unspecified atom stereocenters. The number of carbonyl (C=O) groups is 1. The van der Waals surface area contributed by atoms with Crippen molar-refractivity contribution in [3.63, 3.8) is 0 Å². The van der Waals surface area contributed by atoms with Crippen molar-refractivity contribution >= 4 is 22.4 Å². The molecule has 0 saturated carbocycles. The topological polar surface area (TPSA) is 42.0 Å². The Morgan fingerprint density at radius 3 is 2.87 bits per heavy atom. The third kappa shape index (κ3) is 2.55. The number of benzene rings is 2. The normalized spacial score (nSPS) is 11.9. The van der Waals surface area contributed by atoms with Crippen molar-refractivity contribution in [2.24, 2.45) is 0 Å². The number of aromatic nitrogens is 1. The molecular weight excluding hydrogens is 304 g/mol. The van der Waals surface area contributed by atoms with E-state index in [9.17, 15) is 4.79 Å². The molecule has 1 amide bonds. The standard InChI is InChI=1S/C19H16N2OS/c1-2-18(22)21-19-20-17(11-23-19)13-7-8-16-14(10-13)9-12-5-3-4-6-15(12)16/h3-8,10-11H,2,9H2,1H3,(H,20,21,22). The lowest BCUT2D eigenvalue weighted by Crippen LogP contribution is -2.08. The molecule has 2 aromatic carbocycles. The Kier molecular flexibility index (Phi) is 3.46. The predicted molar refractivity (Wildman–Crippen MR) is 94.7 cm³/mol. The summed E-state index contributed by atoms with van der Waals surface area (Å²) in [5.41, 5.74) is 7.40. The van der Waals surface area contributed by atoms with Gasteiger partial charge in [0.15, 0.2) is 5.13 Å². The minimum Gasteiger partial charge on any atom is -0.302 e. The summed E-state index contributed by atoms with van der Waals surface area (Å²) in [5.74, 6) is -0.00435. The van der Waals surface area contributed by atoms with Crippen molar-refractivity contribution in [3.8, 4) is 22.4 Å². The van der Waals surface area contributed by atoms with Gasteiger partial charge in [0.2, 0.25) is 5.91 Å². The lowest BCUT2D eigenvalue weighted by molar-refractivity contribution is -0.115. The van der Waals surface area contributed by atoms with Crippen LogP contribution < -0.4 is 5.32 Å². The first-order valence-corrected chi connectivity index (χ1v) is 8.59. The molecule has 0 radical (unpaired) electrons. The molecule has 4 rings (SSSR count). The molecule has 0 fully saturated rings. The van der Waals surface area contributed by atoms with Gasteiger partial charge in [0.1, 0.15) is 0 Å². The van der Waals surface area contributed by atoms with Crippen molar-refractivity contribution in [1.29, 1.82) is 0 Å². The Morgan fingerprint density at radius 1 is 1.17 bits per heavy atom. The summed E-state index contributed by atoms with van der Waals surface area (Å²) in [6.07, 6.45) is 1.44. The molecule has 0 bridgehead atoms. The van der Waals surface area contributed by atoms with Crippen molar-refractivity contribution in [1.82, 2.24) is 4.98 Å². The first-order valence-electron chi connectivity index (χ1n) is 7.71. The number of hydrogen-bond acceptors (Lipinski definition) is 3. The van der Waals surface area contributed by atoms with Crippen LogP contribution in [-0.2, 0) is 11.2 Å². The molecule has 1 aliphatic carbocycles. The summed E-state index contributed by atoms with van der Waals surface area (Å²) < 4.78 is 0. The van der Waals surface area contributed by atoms with E-state index in [1.54, 1.807) is 0 Å². The Hall–Kier alpha value is -2.46. The molecule has 1 aliphatic rings. The Bertz CT molecular complexity index is 898. The predicted octanol–water partition coefficient (Wildman–Crippen LogP) is 4.73. The van der Waals surface area contributed by atoms with E-state index in [0.29, 0.717) is 11.6 Å². The van der Waals surface area contributed by atoms with Crippen LogP contribution >= 0.6 is 11.3 Å². The van der Waals surface area contributed by atoms with E-state index < -0.39 is 0 Å². The van der Waals surface area contributed by atoms with E-state index in [0.717, 1.165) is 17.7 Å². The second-order valence-corrected chi connectivity index (χ2v) is 6.50. The molecule has 23 heavy (non-hydrogen) atoms. The van der Waals surface area contributed by atoms with Gasteiger partial charge in [-0.2, -0.15) is 0 Å². The van der Waals surface area contributed by atoms with E-state index in [-0.39, 0.29) is 5.91 Å². The van der Waals surface area contributed by atoms with Crippen LogP contribution in [0, 0.1) is 0 Å². The summed E-state index contributed by atoms with van der Waals surface area (Å²) in [4.78, 5) is 16.0. The van der Waals surface area contributed by atoms with Crippen LogP contribution in [0.4, 0.5) is 5.13 Å². The van der Waals surface area contributed by atoms with Gasteiger partial charge in [-0.3, -0.25) is 4.79 Å². The smallest absolute Gasteiger partial charge is 0.225 e. The monoisotopic (exact) mass is 320 g/mol. The lowest BCUT2D eigenvalue weighted by atomic mass is 10.0. The van der Waals surface area contributed by atoms with Crippen LogP contribution in [0.3, 0.4) is 0 Å². The zero-order chi connectivity index (χ0) is 15.8. The van der Waals surface area contributed by atoms with Crippen LogP contribution in [0.2, 0.25) is 0 Å². The van der Waals surface area contributed by atoms with Gasteiger partial charge in [0.25, 0.3) is 0 Å². The highest BCUT2D eigenvalue weighted by molar-refractivity contribution is 7.14. The Labute approximate surface area is 139 Å². The number of carbonyl (C=O) groups excluding carboxylic acids is 1. The van der Waals surface area contributed by atoms with Crippen LogP contribution in [-0.4, -0.2) is 10.9 Å². The first kappa shape index (κ1) is 14.2. The minimum absolute atomic E-state index is 0.00435. The molecule has 3 nitrogen and oxygen atoms in total. The fraction of sp³-hybridized carbons (Fsp3) is 0.158. The van der Waals surface area contributed by atoms with E-state index in [1.807, 2.05) is 12.3 Å². The molecule has 0 atom stereocenters. The van der Waals surface area contributed by atoms with Crippen LogP contribution in [0.5, 0.6) is 0 Å². The van der Waals surface area contributed by atoms with Gasteiger partial charge < -0.3 is 5.32 Å². The minimum atomic E-state index is -0.00435. The van der Waals surface area contributed by atoms with Gasteiger partial charge in [-0.1, -0.05) is 43.3 Å². The third-order valence-corrected chi connectivity index (χ3v) is 4.92. The summed E-state index contributed by atoms with van der Waals surface area (Å²) in [5, 5.41) is 5.47. The first-order chi connectivity index (χ1) is 11.2. The quantitative estimate of drug-likeness (QED) is 0.593. The van der Waals surface area contributed by atoms with Crippen molar-refractivity contribution < 1.29 is 4.79 Å². The average Bonchev–Trinajstić information content (AvgIpc) is 3.18. The third-order valence-electron chi connectivity index (χ3n) is 4.16. The van der Waals surface area contributed by atoms with Crippen LogP contribution in [0.15, 0.2) is 47.8 Å². The SMILES string of the molecule is CCC(=O)Nc1nc(-c2ccc3c(c2)Cc2ccccc2-3)cs1. The van der Waals surface area contributed by atoms with E-state index in [1.165, 1.54) is 33.6 Å². The second kappa shape index (κ2) is 5.63. The number of nitrogens with zero attached hydrogens (tertiary/aromatic N) is 1. The number of thiazole rings is 1. The number of rotatable bonds is 3. The average molecular weight is 320 g/mol. The fourth-order valence-corrected chi connectivity index (χ4v) is 3.71. The van der Waals surface area contributed by atoms with Crippen molar-refractivity contribution in [3.05, 3.63) is 59.0 Å². The van der Waals surface area contributed by atoms with Gasteiger partial charge in [0.05, 0.1) is 5.69 Å². The highest BCUT2D eigenvalue weighted by Crippen LogP contribution is 2.38.